The van der Waals surface area contributed by atoms with E-state index in [1.807, 2.05) is 13.0 Å². The van der Waals surface area contributed by atoms with Crippen molar-refractivity contribution in [2.24, 2.45) is 0 Å². The fourth-order valence-corrected chi connectivity index (χ4v) is 4.28. The summed E-state index contributed by atoms with van der Waals surface area (Å²) in [6.07, 6.45) is 0. The van der Waals surface area contributed by atoms with E-state index in [4.69, 9.17) is 4.74 Å². The normalized spacial score (nSPS) is 11.7. The zero-order valence-electron chi connectivity index (χ0n) is 20.1. The topological polar surface area (TPSA) is 68.6 Å². The Hall–Kier alpha value is -3.74. The lowest BCUT2D eigenvalue weighted by molar-refractivity contribution is 0.0586. The van der Waals surface area contributed by atoms with Crippen molar-refractivity contribution in [3.63, 3.8) is 0 Å². The summed E-state index contributed by atoms with van der Waals surface area (Å²) in [5.74, 6) is -1.49. The molecule has 7 heteroatoms. The van der Waals surface area contributed by atoms with E-state index in [0.717, 1.165) is 0 Å². The summed E-state index contributed by atoms with van der Waals surface area (Å²) in [4.78, 5) is 41.1. The van der Waals surface area contributed by atoms with Gasteiger partial charge in [0.1, 0.15) is 11.5 Å². The Bertz CT molecular complexity index is 1200. The van der Waals surface area contributed by atoms with Crippen LogP contribution in [0.15, 0.2) is 54.6 Å². The summed E-state index contributed by atoms with van der Waals surface area (Å²) >= 11 is 0. The molecule has 0 aliphatic heterocycles. The van der Waals surface area contributed by atoms with Gasteiger partial charge in [-0.1, -0.05) is 30.3 Å². The predicted molar refractivity (Wildman–Crippen MR) is 127 cm³/mol. The van der Waals surface area contributed by atoms with Gasteiger partial charge in [0.05, 0.1) is 13.2 Å². The maximum atomic E-state index is 13.8. The zero-order valence-corrected chi connectivity index (χ0v) is 20.1. The highest BCUT2D eigenvalue weighted by molar-refractivity contribution is 6.07. The first-order valence-electron chi connectivity index (χ1n) is 11.1. The van der Waals surface area contributed by atoms with Crippen LogP contribution in [-0.2, 0) is 17.8 Å². The maximum absolute atomic E-state index is 13.8. The van der Waals surface area contributed by atoms with E-state index in [2.05, 4.69) is 0 Å². The van der Waals surface area contributed by atoms with Gasteiger partial charge in [-0.15, -0.1) is 0 Å². The van der Waals surface area contributed by atoms with Crippen LogP contribution in [0, 0.1) is 19.7 Å². The minimum absolute atomic E-state index is 0.122. The zero-order chi connectivity index (χ0) is 25.0. The molecule has 2 aromatic carbocycles. The number of ketones is 1. The summed E-state index contributed by atoms with van der Waals surface area (Å²) in [5, 5.41) is 0. The first kappa shape index (κ1) is 24.9. The van der Waals surface area contributed by atoms with Gasteiger partial charge in [-0.05, 0) is 63.1 Å². The van der Waals surface area contributed by atoms with Gasteiger partial charge in [-0.2, -0.15) is 0 Å². The van der Waals surface area contributed by atoms with Crippen molar-refractivity contribution in [3.8, 4) is 0 Å². The molecule has 0 spiro atoms. The Kier molecular flexibility index (Phi) is 7.66. The molecule has 1 heterocycles. The number of nitrogens with zero attached hydrogens (tertiary/aromatic N) is 2. The second-order valence-electron chi connectivity index (χ2n) is 8.14. The number of halogens is 1. The molecule has 1 aromatic heterocycles. The van der Waals surface area contributed by atoms with Gasteiger partial charge in [-0.25, -0.2) is 9.18 Å². The number of amides is 1. The number of rotatable bonds is 8. The Morgan fingerprint density at radius 1 is 1.03 bits per heavy atom. The number of hydrogen-bond donors (Lipinski definition) is 0. The third-order valence-electron chi connectivity index (χ3n) is 6.10. The summed E-state index contributed by atoms with van der Waals surface area (Å²) in [6.45, 7) is 7.67. The predicted octanol–water partition coefficient (Wildman–Crippen LogP) is 4.96. The molecule has 3 rings (SSSR count). The van der Waals surface area contributed by atoms with Crippen molar-refractivity contribution < 1.29 is 23.5 Å². The van der Waals surface area contributed by atoms with Crippen molar-refractivity contribution >= 4 is 17.7 Å². The molecule has 0 aliphatic carbocycles. The van der Waals surface area contributed by atoms with Crippen LogP contribution >= 0.6 is 0 Å². The van der Waals surface area contributed by atoms with E-state index in [0.29, 0.717) is 40.2 Å². The number of hydrogen-bond acceptors (Lipinski definition) is 4. The lowest BCUT2D eigenvalue weighted by Gasteiger charge is -2.29. The molecule has 34 heavy (non-hydrogen) atoms. The molecular weight excluding hydrogens is 435 g/mol. The number of ether oxygens (including phenoxy) is 1. The van der Waals surface area contributed by atoms with Crippen molar-refractivity contribution in [3.05, 3.63) is 94.1 Å². The number of carbonyl (C=O) groups is 3. The Balaban J connectivity index is 2.05. The Labute approximate surface area is 199 Å². The van der Waals surface area contributed by atoms with Crippen LogP contribution in [0.4, 0.5) is 4.39 Å². The van der Waals surface area contributed by atoms with Gasteiger partial charge >= 0.3 is 5.97 Å². The van der Waals surface area contributed by atoms with Crippen LogP contribution in [0.5, 0.6) is 0 Å². The maximum Gasteiger partial charge on any atom is 0.354 e. The summed E-state index contributed by atoms with van der Waals surface area (Å²) < 4.78 is 20.1. The van der Waals surface area contributed by atoms with E-state index in [1.54, 1.807) is 61.7 Å². The second kappa shape index (κ2) is 10.5. The van der Waals surface area contributed by atoms with Crippen LogP contribution in [0.3, 0.4) is 0 Å². The minimum Gasteiger partial charge on any atom is -0.464 e. The summed E-state index contributed by atoms with van der Waals surface area (Å²) in [7, 11) is 1.30. The molecule has 6 nitrogen and oxygen atoms in total. The Morgan fingerprint density at radius 3 is 2.21 bits per heavy atom. The molecule has 3 aromatic rings. The van der Waals surface area contributed by atoms with E-state index >= 15 is 0 Å². The SMILES string of the molecule is CCn1c(C)c(C(=O)[C@H](C)N(Cc2ccc(F)cc2)C(=O)c2ccccc2)c(C)c1C(=O)OC. The monoisotopic (exact) mass is 464 g/mol. The molecule has 0 fully saturated rings. The average Bonchev–Trinajstić information content (AvgIpc) is 3.11. The number of benzene rings is 2. The average molecular weight is 465 g/mol. The van der Waals surface area contributed by atoms with Gasteiger partial charge in [0.15, 0.2) is 5.78 Å². The van der Waals surface area contributed by atoms with Gasteiger partial charge in [-0.3, -0.25) is 9.59 Å². The van der Waals surface area contributed by atoms with Crippen LogP contribution in [0.1, 0.15) is 61.9 Å². The van der Waals surface area contributed by atoms with Crippen molar-refractivity contribution in [2.75, 3.05) is 7.11 Å². The minimum atomic E-state index is -0.839. The molecule has 0 radical (unpaired) electrons. The van der Waals surface area contributed by atoms with Crippen LogP contribution in [-0.4, -0.2) is 40.3 Å². The summed E-state index contributed by atoms with van der Waals surface area (Å²) in [5.41, 5.74) is 3.04. The van der Waals surface area contributed by atoms with Crippen LogP contribution < -0.4 is 0 Å². The molecule has 0 saturated heterocycles. The van der Waals surface area contributed by atoms with Crippen molar-refractivity contribution in [1.29, 1.82) is 0 Å². The molecule has 0 N–H and O–H groups in total. The Morgan fingerprint density at radius 2 is 1.65 bits per heavy atom. The highest BCUT2D eigenvalue weighted by Crippen LogP contribution is 2.26. The van der Waals surface area contributed by atoms with E-state index < -0.39 is 12.0 Å². The van der Waals surface area contributed by atoms with Crippen molar-refractivity contribution in [2.45, 2.75) is 46.8 Å². The number of Topliss-reactive ketones (excluding diaryl/α,β-unsaturated/α-hetero) is 1. The van der Waals surface area contributed by atoms with Gasteiger partial charge in [0.2, 0.25) is 0 Å². The first-order valence-corrected chi connectivity index (χ1v) is 11.1. The third kappa shape index (κ3) is 4.78. The van der Waals surface area contributed by atoms with Crippen molar-refractivity contribution in [1.82, 2.24) is 9.47 Å². The molecule has 0 saturated carbocycles. The molecule has 0 bridgehead atoms. The lowest BCUT2D eigenvalue weighted by atomic mass is 9.98. The quantitative estimate of drug-likeness (QED) is 0.349. The van der Waals surface area contributed by atoms with Gasteiger partial charge in [0, 0.05) is 29.9 Å². The summed E-state index contributed by atoms with van der Waals surface area (Å²) in [6, 6.07) is 13.7. The number of esters is 1. The largest absolute Gasteiger partial charge is 0.464 e. The first-order chi connectivity index (χ1) is 16.2. The van der Waals surface area contributed by atoms with Crippen LogP contribution in [0.25, 0.3) is 0 Å². The molecule has 0 unspecified atom stereocenters. The van der Waals surface area contributed by atoms with E-state index in [1.165, 1.54) is 24.1 Å². The standard InChI is InChI=1S/C27H29FN2O4/c1-6-29-18(3)23(17(2)24(29)27(33)34-5)25(31)19(4)30(16-20-12-14-22(28)15-13-20)26(32)21-10-8-7-9-11-21/h7-15,19H,6,16H2,1-5H3/t19-/m0/s1. The van der Waals surface area contributed by atoms with Crippen LogP contribution in [0.2, 0.25) is 0 Å². The molecule has 0 aliphatic rings. The number of methoxy groups -OCH3 is 1. The highest BCUT2D eigenvalue weighted by Gasteiger charge is 2.33. The van der Waals surface area contributed by atoms with E-state index in [9.17, 15) is 18.8 Å². The molecular formula is C27H29FN2O4. The fourth-order valence-electron chi connectivity index (χ4n) is 4.28. The van der Waals surface area contributed by atoms with Gasteiger partial charge < -0.3 is 14.2 Å². The fraction of sp³-hybridized carbons (Fsp3) is 0.296. The third-order valence-corrected chi connectivity index (χ3v) is 6.10. The molecule has 1 amide bonds. The van der Waals surface area contributed by atoms with Gasteiger partial charge in [0.25, 0.3) is 5.91 Å². The smallest absolute Gasteiger partial charge is 0.354 e. The number of carbonyl (C=O) groups excluding carboxylic acids is 3. The highest BCUT2D eigenvalue weighted by atomic mass is 19.1. The molecule has 178 valence electrons. The second-order valence-corrected chi connectivity index (χ2v) is 8.14. The van der Waals surface area contributed by atoms with E-state index in [-0.39, 0.29) is 24.1 Å². The number of aromatic nitrogens is 1. The molecule has 1 atom stereocenters. The lowest BCUT2D eigenvalue weighted by Crippen LogP contribution is -2.43.